The van der Waals surface area contributed by atoms with E-state index in [1.54, 1.807) is 51.1 Å². The Morgan fingerprint density at radius 2 is 1.72 bits per heavy atom. The quantitative estimate of drug-likeness (QED) is 0.473. The maximum Gasteiger partial charge on any atom is 0.332 e. The molecule has 32 heavy (non-hydrogen) atoms. The maximum atomic E-state index is 14.1. The Kier molecular flexibility index (Phi) is 6.64. The Hall–Kier alpha value is -3.66. The molecule has 1 atom stereocenters. The summed E-state index contributed by atoms with van der Waals surface area (Å²) in [4.78, 5) is 22.6. The standard InChI is InChI=1S/C22H22F3N5O2/c1-13(22(2,3)32)27-20-26-10-9-19(29-20)30(14-7-5-4-6-8-14)21(31)28-18-12-16(24)15(23)11-17(18)25/h4-13,32H,1-3H3,(H,28,31)(H,26,27,29). The molecule has 0 spiro atoms. The number of anilines is 4. The van der Waals surface area contributed by atoms with Crippen LogP contribution in [0, 0.1) is 17.5 Å². The second kappa shape index (κ2) is 9.23. The molecule has 2 amide bonds. The summed E-state index contributed by atoms with van der Waals surface area (Å²) in [6.07, 6.45) is 1.41. The molecule has 0 saturated heterocycles. The summed E-state index contributed by atoms with van der Waals surface area (Å²) in [7, 11) is 0. The highest BCUT2D eigenvalue weighted by Crippen LogP contribution is 2.27. The van der Waals surface area contributed by atoms with Crippen molar-refractivity contribution >= 4 is 29.2 Å². The van der Waals surface area contributed by atoms with Crippen LogP contribution in [0.3, 0.4) is 0 Å². The van der Waals surface area contributed by atoms with E-state index in [4.69, 9.17) is 0 Å². The molecule has 1 heterocycles. The number of urea groups is 1. The number of nitrogens with zero attached hydrogens (tertiary/aromatic N) is 3. The molecule has 0 aliphatic rings. The van der Waals surface area contributed by atoms with Crippen molar-refractivity contribution in [1.82, 2.24) is 9.97 Å². The molecule has 7 nitrogen and oxygen atoms in total. The summed E-state index contributed by atoms with van der Waals surface area (Å²) < 4.78 is 40.9. The lowest BCUT2D eigenvalue weighted by Gasteiger charge is -2.27. The van der Waals surface area contributed by atoms with Gasteiger partial charge in [-0.2, -0.15) is 4.98 Å². The van der Waals surface area contributed by atoms with Crippen LogP contribution in [0.5, 0.6) is 0 Å². The zero-order valence-corrected chi connectivity index (χ0v) is 17.6. The van der Waals surface area contributed by atoms with Crippen LogP contribution in [0.15, 0.2) is 54.7 Å². The third-order valence-electron chi connectivity index (χ3n) is 4.74. The van der Waals surface area contributed by atoms with Crippen LogP contribution in [-0.4, -0.2) is 32.7 Å². The number of hydrogen-bond donors (Lipinski definition) is 3. The molecule has 3 N–H and O–H groups in total. The minimum absolute atomic E-state index is 0.122. The molecule has 3 rings (SSSR count). The number of halogens is 3. The number of hydrogen-bond acceptors (Lipinski definition) is 5. The van der Waals surface area contributed by atoms with E-state index in [0.29, 0.717) is 17.8 Å². The van der Waals surface area contributed by atoms with Crippen molar-refractivity contribution in [2.24, 2.45) is 0 Å². The van der Waals surface area contributed by atoms with Crippen molar-refractivity contribution in [1.29, 1.82) is 0 Å². The average Bonchev–Trinajstić information content (AvgIpc) is 2.72. The zero-order chi connectivity index (χ0) is 23.5. The molecule has 0 aliphatic heterocycles. The second-order valence-electron chi connectivity index (χ2n) is 7.61. The molecule has 0 aliphatic carbocycles. The van der Waals surface area contributed by atoms with Gasteiger partial charge in [0.2, 0.25) is 5.95 Å². The number of para-hydroxylation sites is 1. The lowest BCUT2D eigenvalue weighted by molar-refractivity contribution is 0.0646. The molecular formula is C22H22F3N5O2. The van der Waals surface area contributed by atoms with E-state index in [1.165, 1.54) is 12.3 Å². The Morgan fingerprint density at radius 1 is 1.06 bits per heavy atom. The van der Waals surface area contributed by atoms with Gasteiger partial charge in [-0.1, -0.05) is 18.2 Å². The molecule has 10 heteroatoms. The summed E-state index contributed by atoms with van der Waals surface area (Å²) in [5, 5.41) is 15.3. The number of aliphatic hydroxyl groups is 1. The van der Waals surface area contributed by atoms with E-state index < -0.39 is 40.8 Å². The Morgan fingerprint density at radius 3 is 2.38 bits per heavy atom. The third-order valence-corrected chi connectivity index (χ3v) is 4.74. The molecule has 1 unspecified atom stereocenters. The number of rotatable bonds is 6. The molecule has 1 aromatic heterocycles. The van der Waals surface area contributed by atoms with Gasteiger partial charge >= 0.3 is 6.03 Å². The number of carbonyl (C=O) groups excluding carboxylic acids is 1. The van der Waals surface area contributed by atoms with Crippen LogP contribution in [-0.2, 0) is 0 Å². The van der Waals surface area contributed by atoms with Crippen LogP contribution in [0.4, 0.5) is 41.1 Å². The number of amides is 2. The predicted octanol–water partition coefficient (Wildman–Crippen LogP) is 4.84. The van der Waals surface area contributed by atoms with Gasteiger partial charge in [0, 0.05) is 24.4 Å². The van der Waals surface area contributed by atoms with Crippen molar-refractivity contribution in [3.8, 4) is 0 Å². The largest absolute Gasteiger partial charge is 0.388 e. The van der Waals surface area contributed by atoms with Crippen LogP contribution in [0.1, 0.15) is 20.8 Å². The van der Waals surface area contributed by atoms with Crippen molar-refractivity contribution in [3.63, 3.8) is 0 Å². The SMILES string of the molecule is CC(Nc1nccc(N(C(=O)Nc2cc(F)c(F)cc2F)c2ccccc2)n1)C(C)(C)O. The van der Waals surface area contributed by atoms with E-state index in [9.17, 15) is 23.1 Å². The summed E-state index contributed by atoms with van der Waals surface area (Å²) in [6.45, 7) is 4.98. The van der Waals surface area contributed by atoms with Crippen LogP contribution in [0.2, 0.25) is 0 Å². The molecular weight excluding hydrogens is 423 g/mol. The lowest BCUT2D eigenvalue weighted by Crippen LogP contribution is -2.40. The molecule has 3 aromatic rings. The first kappa shape index (κ1) is 23.0. The van der Waals surface area contributed by atoms with E-state index in [1.807, 2.05) is 0 Å². The number of aromatic nitrogens is 2. The second-order valence-corrected chi connectivity index (χ2v) is 7.61. The van der Waals surface area contributed by atoms with Gasteiger partial charge in [-0.25, -0.2) is 27.8 Å². The van der Waals surface area contributed by atoms with Gasteiger partial charge in [0.05, 0.1) is 23.0 Å². The van der Waals surface area contributed by atoms with Gasteiger partial charge in [0.1, 0.15) is 11.6 Å². The molecule has 2 aromatic carbocycles. The molecule has 0 radical (unpaired) electrons. The average molecular weight is 445 g/mol. The normalized spacial score (nSPS) is 12.2. The van der Waals surface area contributed by atoms with Crippen molar-refractivity contribution in [2.75, 3.05) is 15.5 Å². The first-order valence-electron chi connectivity index (χ1n) is 9.69. The van der Waals surface area contributed by atoms with E-state index in [-0.39, 0.29) is 11.8 Å². The molecule has 168 valence electrons. The summed E-state index contributed by atoms with van der Waals surface area (Å²) in [5.74, 6) is -3.54. The predicted molar refractivity (Wildman–Crippen MR) is 115 cm³/mol. The zero-order valence-electron chi connectivity index (χ0n) is 17.6. The Balaban J connectivity index is 1.97. The Labute approximate surface area is 182 Å². The highest BCUT2D eigenvalue weighted by molar-refractivity contribution is 6.06. The topological polar surface area (TPSA) is 90.4 Å². The molecule has 0 saturated carbocycles. The summed E-state index contributed by atoms with van der Waals surface area (Å²) >= 11 is 0. The van der Waals surface area contributed by atoms with Gasteiger partial charge in [-0.05, 0) is 32.9 Å². The number of carbonyl (C=O) groups is 1. The smallest absolute Gasteiger partial charge is 0.332 e. The third kappa shape index (κ3) is 5.33. The van der Waals surface area contributed by atoms with E-state index >= 15 is 0 Å². The fourth-order valence-corrected chi connectivity index (χ4v) is 2.63. The molecule has 0 bridgehead atoms. The first-order valence-corrected chi connectivity index (χ1v) is 9.69. The number of benzene rings is 2. The minimum atomic E-state index is -1.37. The van der Waals surface area contributed by atoms with Crippen molar-refractivity contribution < 1.29 is 23.1 Å². The van der Waals surface area contributed by atoms with Gasteiger partial charge in [0.15, 0.2) is 11.6 Å². The lowest BCUT2D eigenvalue weighted by atomic mass is 10.0. The van der Waals surface area contributed by atoms with E-state index in [2.05, 4.69) is 20.6 Å². The fourth-order valence-electron chi connectivity index (χ4n) is 2.63. The highest BCUT2D eigenvalue weighted by Gasteiger charge is 2.25. The number of nitrogens with one attached hydrogen (secondary N) is 2. The monoisotopic (exact) mass is 445 g/mol. The van der Waals surface area contributed by atoms with Gasteiger partial charge < -0.3 is 15.7 Å². The first-order chi connectivity index (χ1) is 15.1. The van der Waals surface area contributed by atoms with Crippen LogP contribution < -0.4 is 15.5 Å². The Bertz CT molecular complexity index is 1110. The minimum Gasteiger partial charge on any atom is -0.388 e. The molecule has 0 fully saturated rings. The van der Waals surface area contributed by atoms with Crippen LogP contribution in [0.25, 0.3) is 0 Å². The van der Waals surface area contributed by atoms with Gasteiger partial charge in [-0.3, -0.25) is 0 Å². The summed E-state index contributed by atoms with van der Waals surface area (Å²) in [5.41, 5.74) is -1.22. The van der Waals surface area contributed by atoms with Gasteiger partial charge in [0.25, 0.3) is 0 Å². The van der Waals surface area contributed by atoms with Crippen LogP contribution >= 0.6 is 0 Å². The van der Waals surface area contributed by atoms with Crippen molar-refractivity contribution in [2.45, 2.75) is 32.4 Å². The maximum absolute atomic E-state index is 14.1. The van der Waals surface area contributed by atoms with Crippen molar-refractivity contribution in [3.05, 3.63) is 72.2 Å². The highest BCUT2D eigenvalue weighted by atomic mass is 19.2. The van der Waals surface area contributed by atoms with E-state index in [0.717, 1.165) is 4.90 Å². The van der Waals surface area contributed by atoms with Gasteiger partial charge in [-0.15, -0.1) is 0 Å². The fraction of sp³-hybridized carbons (Fsp3) is 0.227. The summed E-state index contributed by atoms with van der Waals surface area (Å²) in [6, 6.07) is 9.43.